The van der Waals surface area contributed by atoms with Gasteiger partial charge in [-0.25, -0.2) is 0 Å². The van der Waals surface area contributed by atoms with Crippen molar-refractivity contribution >= 4 is 33.5 Å². The lowest BCUT2D eigenvalue weighted by Crippen LogP contribution is -1.87. The smallest absolute Gasteiger partial charge is 0.101 e. The Morgan fingerprint density at radius 2 is 2.29 bits per heavy atom. The molecule has 0 atom stereocenters. The molecule has 2 nitrogen and oxygen atoms in total. The molecule has 0 fully saturated rings. The summed E-state index contributed by atoms with van der Waals surface area (Å²) in [5.74, 6) is 0. The molecular formula is C13H9ClN2S. The fraction of sp³-hybridized carbons (Fsp3) is 0.0769. The number of rotatable bonds is 2. The maximum Gasteiger partial charge on any atom is 0.101 e. The van der Waals surface area contributed by atoms with Gasteiger partial charge in [-0.15, -0.1) is 0 Å². The monoisotopic (exact) mass is 260 g/mol. The van der Waals surface area contributed by atoms with Crippen molar-refractivity contribution in [1.29, 1.82) is 5.26 Å². The van der Waals surface area contributed by atoms with Crippen molar-refractivity contribution in [3.63, 3.8) is 0 Å². The van der Waals surface area contributed by atoms with Crippen LogP contribution < -0.4 is 0 Å². The lowest BCUT2D eigenvalue weighted by Gasteiger charge is -2.03. The van der Waals surface area contributed by atoms with Gasteiger partial charge in [0.25, 0.3) is 0 Å². The van der Waals surface area contributed by atoms with Gasteiger partial charge in [-0.2, -0.15) is 16.6 Å². The predicted octanol–water partition coefficient (Wildman–Crippen LogP) is 4.08. The molecule has 4 heteroatoms. The van der Waals surface area contributed by atoms with Gasteiger partial charge in [0.15, 0.2) is 0 Å². The van der Waals surface area contributed by atoms with Crippen LogP contribution in [0.3, 0.4) is 0 Å². The van der Waals surface area contributed by atoms with E-state index in [9.17, 15) is 5.26 Å². The number of nitriles is 1. The molecule has 0 unspecified atom stereocenters. The number of thiophene rings is 1. The van der Waals surface area contributed by atoms with Gasteiger partial charge in [-0.3, -0.25) is 4.98 Å². The summed E-state index contributed by atoms with van der Waals surface area (Å²) in [6.07, 6.45) is 3.31. The van der Waals surface area contributed by atoms with Crippen LogP contribution in [-0.2, 0) is 0 Å². The second kappa shape index (κ2) is 5.13. The quantitative estimate of drug-likeness (QED) is 0.763. The van der Waals surface area contributed by atoms with E-state index in [1.54, 1.807) is 29.8 Å². The van der Waals surface area contributed by atoms with Gasteiger partial charge in [0.1, 0.15) is 6.07 Å². The molecule has 0 aliphatic rings. The molecule has 0 N–H and O–H groups in total. The van der Waals surface area contributed by atoms with E-state index in [2.05, 4.69) is 11.1 Å². The molecule has 0 saturated carbocycles. The number of aryl methyl sites for hydroxylation is 1. The third-order valence-corrected chi connectivity index (χ3v) is 3.63. The van der Waals surface area contributed by atoms with Crippen molar-refractivity contribution in [2.45, 2.75) is 6.92 Å². The molecular weight excluding hydrogens is 252 g/mol. The zero-order chi connectivity index (χ0) is 12.3. The van der Waals surface area contributed by atoms with Crippen LogP contribution in [0.25, 0.3) is 10.6 Å². The number of allylic oxidation sites excluding steroid dienone is 1. The zero-order valence-corrected chi connectivity index (χ0v) is 10.7. The van der Waals surface area contributed by atoms with E-state index in [-0.39, 0.29) is 0 Å². The van der Waals surface area contributed by atoms with Crippen molar-refractivity contribution < 1.29 is 0 Å². The summed E-state index contributed by atoms with van der Waals surface area (Å²) in [4.78, 5) is 4.00. The number of hydrogen-bond acceptors (Lipinski definition) is 3. The number of aromatic nitrogens is 1. The van der Waals surface area contributed by atoms with Crippen LogP contribution >= 0.6 is 22.9 Å². The van der Waals surface area contributed by atoms with E-state index in [1.165, 1.54) is 0 Å². The standard InChI is InChI=1S/C13H9ClN2S/c1-9-7-17-8-12(9)13(14)11(5-15)10-3-2-4-16-6-10/h2-4,6-8H,1H3/b13-11+. The number of hydrogen-bond donors (Lipinski definition) is 0. The summed E-state index contributed by atoms with van der Waals surface area (Å²) in [7, 11) is 0. The van der Waals surface area contributed by atoms with Gasteiger partial charge in [-0.1, -0.05) is 17.7 Å². The summed E-state index contributed by atoms with van der Waals surface area (Å²) in [5, 5.41) is 13.7. The molecule has 0 spiro atoms. The minimum atomic E-state index is 0.460. The second-order valence-corrected chi connectivity index (χ2v) is 4.63. The number of halogens is 1. The summed E-state index contributed by atoms with van der Waals surface area (Å²) in [6.45, 7) is 1.98. The third-order valence-electron chi connectivity index (χ3n) is 2.37. The average Bonchev–Trinajstić information content (AvgIpc) is 2.77. The fourth-order valence-electron chi connectivity index (χ4n) is 1.47. The maximum absolute atomic E-state index is 9.22. The third kappa shape index (κ3) is 2.38. The van der Waals surface area contributed by atoms with Crippen molar-refractivity contribution in [1.82, 2.24) is 4.98 Å². The molecule has 0 saturated heterocycles. The Kier molecular flexibility index (Phi) is 3.58. The first-order valence-corrected chi connectivity index (χ1v) is 6.29. The van der Waals surface area contributed by atoms with E-state index in [1.807, 2.05) is 23.8 Å². The predicted molar refractivity (Wildman–Crippen MR) is 71.6 cm³/mol. The minimum Gasteiger partial charge on any atom is -0.264 e. The lowest BCUT2D eigenvalue weighted by molar-refractivity contribution is 1.31. The van der Waals surface area contributed by atoms with E-state index >= 15 is 0 Å². The van der Waals surface area contributed by atoms with E-state index in [0.29, 0.717) is 10.6 Å². The van der Waals surface area contributed by atoms with Crippen LogP contribution in [0.2, 0.25) is 0 Å². The highest BCUT2D eigenvalue weighted by Crippen LogP contribution is 2.32. The molecule has 0 amide bonds. The molecule has 0 aromatic carbocycles. The molecule has 84 valence electrons. The molecule has 17 heavy (non-hydrogen) atoms. The Morgan fingerprint density at radius 3 is 2.82 bits per heavy atom. The van der Waals surface area contributed by atoms with Crippen molar-refractivity contribution in [3.8, 4) is 6.07 Å². The van der Waals surface area contributed by atoms with Crippen LogP contribution in [0.5, 0.6) is 0 Å². The van der Waals surface area contributed by atoms with E-state index < -0.39 is 0 Å². The Morgan fingerprint density at radius 1 is 1.47 bits per heavy atom. The first-order chi connectivity index (χ1) is 8.24. The highest BCUT2D eigenvalue weighted by Gasteiger charge is 2.11. The average molecular weight is 261 g/mol. The van der Waals surface area contributed by atoms with Crippen LogP contribution in [0.4, 0.5) is 0 Å². The number of nitrogens with zero attached hydrogens (tertiary/aromatic N) is 2. The van der Waals surface area contributed by atoms with Gasteiger partial charge in [-0.05, 0) is 29.3 Å². The topological polar surface area (TPSA) is 36.7 Å². The van der Waals surface area contributed by atoms with Crippen LogP contribution in [0.1, 0.15) is 16.7 Å². The maximum atomic E-state index is 9.22. The van der Waals surface area contributed by atoms with Crippen LogP contribution in [0, 0.1) is 18.3 Å². The van der Waals surface area contributed by atoms with E-state index in [4.69, 9.17) is 11.6 Å². The van der Waals surface area contributed by atoms with E-state index in [0.717, 1.165) is 16.7 Å². The highest BCUT2D eigenvalue weighted by atomic mass is 35.5. The summed E-state index contributed by atoms with van der Waals surface area (Å²) < 4.78 is 0. The van der Waals surface area contributed by atoms with Gasteiger partial charge < -0.3 is 0 Å². The zero-order valence-electron chi connectivity index (χ0n) is 9.14. The van der Waals surface area contributed by atoms with Crippen molar-refractivity contribution in [2.75, 3.05) is 0 Å². The fourth-order valence-corrected chi connectivity index (χ4v) is 2.73. The highest BCUT2D eigenvalue weighted by molar-refractivity contribution is 7.08. The summed E-state index contributed by atoms with van der Waals surface area (Å²) in [6, 6.07) is 5.76. The first-order valence-electron chi connectivity index (χ1n) is 4.97. The van der Waals surface area contributed by atoms with Crippen molar-refractivity contribution in [3.05, 3.63) is 52.0 Å². The molecule has 2 aromatic rings. The van der Waals surface area contributed by atoms with Gasteiger partial charge >= 0.3 is 0 Å². The van der Waals surface area contributed by atoms with Gasteiger partial charge in [0, 0.05) is 23.5 Å². The minimum absolute atomic E-state index is 0.460. The first kappa shape index (κ1) is 11.8. The molecule has 2 aromatic heterocycles. The molecule has 0 aliphatic carbocycles. The molecule has 0 aliphatic heterocycles. The van der Waals surface area contributed by atoms with Gasteiger partial charge in [0.2, 0.25) is 0 Å². The molecule has 2 rings (SSSR count). The lowest BCUT2D eigenvalue weighted by atomic mass is 10.1. The molecule has 2 heterocycles. The Bertz CT molecular complexity index is 593. The van der Waals surface area contributed by atoms with Crippen LogP contribution in [-0.4, -0.2) is 4.98 Å². The SMILES string of the molecule is Cc1cscc1/C(Cl)=C(/C#N)c1cccnc1. The van der Waals surface area contributed by atoms with Crippen LogP contribution in [0.15, 0.2) is 35.3 Å². The second-order valence-electron chi connectivity index (χ2n) is 3.51. The Labute approximate surface area is 109 Å². The Balaban J connectivity index is 2.57. The summed E-state index contributed by atoms with van der Waals surface area (Å²) >= 11 is 7.86. The molecule has 0 bridgehead atoms. The largest absolute Gasteiger partial charge is 0.264 e. The Hall–Kier alpha value is -1.63. The number of pyridine rings is 1. The van der Waals surface area contributed by atoms with Crippen molar-refractivity contribution in [2.24, 2.45) is 0 Å². The normalized spacial score (nSPS) is 11.8. The molecule has 0 radical (unpaired) electrons. The summed E-state index contributed by atoms with van der Waals surface area (Å²) in [5.41, 5.74) is 3.19. The van der Waals surface area contributed by atoms with Gasteiger partial charge in [0.05, 0.1) is 10.6 Å².